The summed E-state index contributed by atoms with van der Waals surface area (Å²) in [6.07, 6.45) is 2.28. The van der Waals surface area contributed by atoms with Gasteiger partial charge in [0.05, 0.1) is 6.10 Å². The zero-order valence-electron chi connectivity index (χ0n) is 11.0. The Bertz CT molecular complexity index is 417. The minimum absolute atomic E-state index is 0.0859. The first kappa shape index (κ1) is 13.1. The van der Waals surface area contributed by atoms with Gasteiger partial charge in [0.1, 0.15) is 0 Å². The van der Waals surface area contributed by atoms with Crippen LogP contribution in [0.2, 0.25) is 0 Å². The lowest BCUT2D eigenvalue weighted by atomic mass is 9.70. The van der Waals surface area contributed by atoms with Gasteiger partial charge < -0.3 is 14.5 Å². The Kier molecular flexibility index (Phi) is 2.60. The van der Waals surface area contributed by atoms with E-state index in [1.807, 2.05) is 0 Å². The fraction of sp³-hybridized carbons (Fsp3) is 1.00. The van der Waals surface area contributed by atoms with Crippen molar-refractivity contribution < 1.29 is 23.6 Å². The molecule has 2 N–H and O–H groups in total. The molecule has 2 saturated carbocycles. The van der Waals surface area contributed by atoms with Crippen LogP contribution >= 0.6 is 7.82 Å². The quantitative estimate of drug-likeness (QED) is 0.757. The lowest BCUT2D eigenvalue weighted by Crippen LogP contribution is -2.37. The van der Waals surface area contributed by atoms with Gasteiger partial charge >= 0.3 is 7.82 Å². The predicted octanol–water partition coefficient (Wildman–Crippen LogP) is 2.28. The summed E-state index contributed by atoms with van der Waals surface area (Å²) in [5.41, 5.74) is 0.352. The van der Waals surface area contributed by atoms with Gasteiger partial charge in [0.25, 0.3) is 0 Å². The van der Waals surface area contributed by atoms with Gasteiger partial charge in [0.2, 0.25) is 0 Å². The Morgan fingerprint density at radius 2 is 2.00 bits per heavy atom. The van der Waals surface area contributed by atoms with Crippen molar-refractivity contribution in [1.29, 1.82) is 0 Å². The van der Waals surface area contributed by atoms with Crippen LogP contribution in [0.15, 0.2) is 0 Å². The van der Waals surface area contributed by atoms with Crippen molar-refractivity contribution in [3.05, 3.63) is 0 Å². The van der Waals surface area contributed by atoms with Crippen LogP contribution in [-0.2, 0) is 13.8 Å². The van der Waals surface area contributed by atoms with Gasteiger partial charge in [0, 0.05) is 6.42 Å². The fourth-order valence-electron chi connectivity index (χ4n) is 4.70. The first-order chi connectivity index (χ1) is 8.15. The van der Waals surface area contributed by atoms with Crippen molar-refractivity contribution in [3.8, 4) is 0 Å². The van der Waals surface area contributed by atoms with Crippen molar-refractivity contribution in [1.82, 2.24) is 0 Å². The molecule has 0 aromatic carbocycles. The monoisotopic (exact) mass is 276 g/mol. The van der Waals surface area contributed by atoms with Crippen LogP contribution in [0.5, 0.6) is 0 Å². The molecule has 1 aliphatic heterocycles. The molecule has 2 aliphatic carbocycles. The summed E-state index contributed by atoms with van der Waals surface area (Å²) in [4.78, 5) is 17.7. The van der Waals surface area contributed by atoms with E-state index in [1.165, 1.54) is 6.42 Å². The molecule has 0 aromatic heterocycles. The molecular weight excluding hydrogens is 255 g/mol. The Morgan fingerprint density at radius 3 is 2.56 bits per heavy atom. The number of rotatable bonds is 2. The van der Waals surface area contributed by atoms with E-state index < -0.39 is 14.1 Å². The van der Waals surface area contributed by atoms with Crippen LogP contribution in [0.4, 0.5) is 0 Å². The zero-order valence-corrected chi connectivity index (χ0v) is 11.9. The molecule has 0 aromatic rings. The van der Waals surface area contributed by atoms with E-state index in [4.69, 9.17) is 19.0 Å². The minimum Gasteiger partial charge on any atom is -0.348 e. The van der Waals surface area contributed by atoms with E-state index in [-0.39, 0.29) is 16.9 Å². The summed E-state index contributed by atoms with van der Waals surface area (Å²) in [5, 5.41) is 0. The van der Waals surface area contributed by atoms with Gasteiger partial charge in [-0.15, -0.1) is 0 Å². The molecule has 5 nitrogen and oxygen atoms in total. The van der Waals surface area contributed by atoms with Crippen molar-refractivity contribution in [2.24, 2.45) is 22.7 Å². The van der Waals surface area contributed by atoms with Crippen molar-refractivity contribution in [2.45, 2.75) is 52.4 Å². The summed E-state index contributed by atoms with van der Waals surface area (Å²) < 4.78 is 21.4. The van der Waals surface area contributed by atoms with Crippen LogP contribution < -0.4 is 0 Å². The van der Waals surface area contributed by atoms with Gasteiger partial charge in [-0.05, 0) is 35.5 Å². The van der Waals surface area contributed by atoms with E-state index in [1.54, 1.807) is 0 Å². The maximum Gasteiger partial charge on any atom is 0.471 e. The Labute approximate surface area is 107 Å². The Hall–Kier alpha value is 0.0700. The van der Waals surface area contributed by atoms with E-state index >= 15 is 0 Å². The van der Waals surface area contributed by atoms with Crippen LogP contribution in [0.25, 0.3) is 0 Å². The molecule has 0 amide bonds. The van der Waals surface area contributed by atoms with Crippen molar-refractivity contribution in [2.75, 3.05) is 0 Å². The van der Waals surface area contributed by atoms with E-state index in [2.05, 4.69) is 20.8 Å². The number of phosphoric ester groups is 1. The minimum atomic E-state index is -4.45. The molecule has 18 heavy (non-hydrogen) atoms. The second kappa shape index (κ2) is 3.58. The second-order valence-electron chi connectivity index (χ2n) is 6.77. The molecule has 1 heterocycles. The molecule has 3 fully saturated rings. The molecule has 0 radical (unpaired) electrons. The van der Waals surface area contributed by atoms with Crippen LogP contribution in [0.3, 0.4) is 0 Å². The van der Waals surface area contributed by atoms with Crippen LogP contribution in [0.1, 0.15) is 40.0 Å². The molecule has 0 spiro atoms. The van der Waals surface area contributed by atoms with Crippen LogP contribution in [-0.4, -0.2) is 22.2 Å². The predicted molar refractivity (Wildman–Crippen MR) is 64.5 cm³/mol. The van der Waals surface area contributed by atoms with E-state index in [9.17, 15) is 4.57 Å². The molecule has 5 unspecified atom stereocenters. The molecular formula is C12H21O5P. The van der Waals surface area contributed by atoms with E-state index in [0.29, 0.717) is 18.3 Å². The molecule has 5 atom stereocenters. The lowest BCUT2D eigenvalue weighted by Gasteiger charge is -2.38. The highest BCUT2D eigenvalue weighted by Gasteiger charge is 2.69. The highest BCUT2D eigenvalue weighted by atomic mass is 31.2. The van der Waals surface area contributed by atoms with Gasteiger partial charge in [-0.2, -0.15) is 0 Å². The summed E-state index contributed by atoms with van der Waals surface area (Å²) in [5.74, 6) is 0.966. The molecule has 6 heteroatoms. The largest absolute Gasteiger partial charge is 0.471 e. The summed E-state index contributed by atoms with van der Waals surface area (Å²) in [6.45, 7) is 6.84. The normalized spacial score (nSPS) is 49.6. The van der Waals surface area contributed by atoms with Crippen molar-refractivity contribution in [3.63, 3.8) is 0 Å². The zero-order chi connectivity index (χ0) is 13.3. The molecule has 2 bridgehead atoms. The van der Waals surface area contributed by atoms with Gasteiger partial charge in [-0.25, -0.2) is 4.57 Å². The number of phosphoric acid groups is 1. The maximum atomic E-state index is 10.9. The summed E-state index contributed by atoms with van der Waals surface area (Å²) in [6, 6.07) is 0. The summed E-state index contributed by atoms with van der Waals surface area (Å²) >= 11 is 0. The first-order valence-electron chi connectivity index (χ1n) is 6.54. The second-order valence-corrected chi connectivity index (χ2v) is 7.96. The third-order valence-electron chi connectivity index (χ3n) is 5.93. The third-order valence-corrected chi connectivity index (χ3v) is 6.43. The van der Waals surface area contributed by atoms with E-state index in [0.717, 1.165) is 6.42 Å². The number of ether oxygens (including phenoxy) is 1. The van der Waals surface area contributed by atoms with Gasteiger partial charge in [-0.1, -0.05) is 20.8 Å². The Balaban J connectivity index is 1.81. The number of hydrogen-bond donors (Lipinski definition) is 2. The molecule has 104 valence electrons. The number of fused-ring (bicyclic) bond motifs is 5. The Morgan fingerprint density at radius 1 is 1.33 bits per heavy atom. The molecule has 1 saturated heterocycles. The van der Waals surface area contributed by atoms with Gasteiger partial charge in [0.15, 0.2) is 6.29 Å². The third kappa shape index (κ3) is 1.58. The first-order valence-corrected chi connectivity index (χ1v) is 8.07. The van der Waals surface area contributed by atoms with Crippen molar-refractivity contribution >= 4 is 7.82 Å². The summed E-state index contributed by atoms with van der Waals surface area (Å²) in [7, 11) is -4.45. The van der Waals surface area contributed by atoms with Crippen LogP contribution in [0, 0.1) is 22.7 Å². The average Bonchev–Trinajstić information content (AvgIpc) is 2.71. The standard InChI is InChI=1S/C12H21O5P/c1-11(2)8-4-5-12(11,3)10-7(8)6-9(16-10)17-18(13,14)15/h7-10H,4-6H2,1-3H3,(H2,13,14,15). The highest BCUT2D eigenvalue weighted by Crippen LogP contribution is 2.71. The van der Waals surface area contributed by atoms with Gasteiger partial charge in [-0.3, -0.25) is 4.52 Å². The SMILES string of the molecule is CC1(C)C2CCC1(C)C1OC(OP(=O)(O)O)CC21. The molecule has 3 rings (SSSR count). The number of hydrogen-bond acceptors (Lipinski definition) is 3. The average molecular weight is 276 g/mol. The highest BCUT2D eigenvalue weighted by molar-refractivity contribution is 7.46. The smallest absolute Gasteiger partial charge is 0.348 e. The lowest BCUT2D eigenvalue weighted by molar-refractivity contribution is -0.128. The molecule has 3 aliphatic rings. The maximum absolute atomic E-state index is 10.9. The fourth-order valence-corrected chi connectivity index (χ4v) is 5.15. The topological polar surface area (TPSA) is 76.0 Å².